The number of carbonyl (C=O) groups excluding carboxylic acids is 2. The number of carboxylic acid groups (broad SMARTS) is 2. The van der Waals surface area contributed by atoms with Crippen LogP contribution in [-0.2, 0) is 32.0 Å². The fraction of sp³-hybridized carbons (Fsp3) is 0.360. The molecule has 1 saturated heterocycles. The Hall–Kier alpha value is -3.92. The normalized spacial score (nSPS) is 16.4. The average molecular weight is 486 g/mol. The summed E-state index contributed by atoms with van der Waals surface area (Å²) in [5.41, 5.74) is 7.70. The van der Waals surface area contributed by atoms with E-state index in [4.69, 9.17) is 15.6 Å². The second kappa shape index (κ2) is 13.1. The molecule has 2 amide bonds. The minimum atomic E-state index is -1.13. The minimum absolute atomic E-state index is 0.128. The number of rotatable bonds is 8. The Kier molecular flexibility index (Phi) is 10.2. The average Bonchev–Trinajstić information content (AvgIpc) is 3.30. The molecule has 0 saturated carbocycles. The van der Waals surface area contributed by atoms with Crippen LogP contribution in [0.2, 0.25) is 0 Å². The standard InChI is InChI=1S/C23H27N3O5.C2H4O2/c24-18(13-16-8-10-17(27)11-9-16)22(29)26-12-4-7-20(26)21(28)25-19(23(30)31)14-15-5-2-1-3-6-15;1-2(3)4/h1-3,5-6,8-11,18-20,27H,4,7,12-14,24H2,(H,25,28)(H,30,31);1H3,(H,3,4). The van der Waals surface area contributed by atoms with Crippen molar-refractivity contribution in [3.63, 3.8) is 0 Å². The van der Waals surface area contributed by atoms with Crippen molar-refractivity contribution in [1.82, 2.24) is 10.2 Å². The molecule has 3 atom stereocenters. The van der Waals surface area contributed by atoms with E-state index >= 15 is 0 Å². The van der Waals surface area contributed by atoms with Gasteiger partial charge in [0, 0.05) is 19.9 Å². The monoisotopic (exact) mass is 485 g/mol. The maximum atomic E-state index is 12.9. The molecule has 3 unspecified atom stereocenters. The number of carboxylic acids is 2. The van der Waals surface area contributed by atoms with E-state index in [9.17, 15) is 24.6 Å². The molecular weight excluding hydrogens is 454 g/mol. The molecule has 6 N–H and O–H groups in total. The smallest absolute Gasteiger partial charge is 0.326 e. The van der Waals surface area contributed by atoms with Gasteiger partial charge in [-0.2, -0.15) is 0 Å². The number of nitrogens with one attached hydrogen (secondary N) is 1. The number of benzene rings is 2. The van der Waals surface area contributed by atoms with Crippen molar-refractivity contribution in [2.45, 2.75) is 50.7 Å². The van der Waals surface area contributed by atoms with Crippen LogP contribution in [-0.4, -0.2) is 68.6 Å². The fourth-order valence-electron chi connectivity index (χ4n) is 3.81. The van der Waals surface area contributed by atoms with Crippen molar-refractivity contribution in [2.24, 2.45) is 5.73 Å². The highest BCUT2D eigenvalue weighted by Gasteiger charge is 2.37. The number of nitrogens with two attached hydrogens (primary N) is 1. The molecule has 0 aliphatic carbocycles. The maximum Gasteiger partial charge on any atom is 0.326 e. The van der Waals surface area contributed by atoms with Gasteiger partial charge in [-0.25, -0.2) is 4.79 Å². The predicted octanol–water partition coefficient (Wildman–Crippen LogP) is 1.16. The van der Waals surface area contributed by atoms with Crippen LogP contribution in [0.25, 0.3) is 0 Å². The Balaban J connectivity index is 0.00000100. The Labute approximate surface area is 203 Å². The van der Waals surface area contributed by atoms with Gasteiger partial charge < -0.3 is 31.3 Å². The molecule has 0 aromatic heterocycles. The van der Waals surface area contributed by atoms with E-state index in [0.717, 1.165) is 18.1 Å². The lowest BCUT2D eigenvalue weighted by Gasteiger charge is -2.28. The van der Waals surface area contributed by atoms with Gasteiger partial charge in [0.1, 0.15) is 17.8 Å². The van der Waals surface area contributed by atoms with Crippen molar-refractivity contribution in [2.75, 3.05) is 6.54 Å². The molecule has 1 fully saturated rings. The van der Waals surface area contributed by atoms with E-state index in [1.54, 1.807) is 24.3 Å². The van der Waals surface area contributed by atoms with E-state index in [-0.39, 0.29) is 24.5 Å². The number of aliphatic carboxylic acids is 2. The van der Waals surface area contributed by atoms with Crippen molar-refractivity contribution in [3.8, 4) is 5.75 Å². The zero-order chi connectivity index (χ0) is 26.0. The Bertz CT molecular complexity index is 1010. The summed E-state index contributed by atoms with van der Waals surface area (Å²) in [6, 6.07) is 12.8. The summed E-state index contributed by atoms with van der Waals surface area (Å²) < 4.78 is 0. The summed E-state index contributed by atoms with van der Waals surface area (Å²) in [5.74, 6) is -2.66. The lowest BCUT2D eigenvalue weighted by molar-refractivity contribution is -0.144. The first-order chi connectivity index (χ1) is 16.6. The van der Waals surface area contributed by atoms with E-state index in [2.05, 4.69) is 5.32 Å². The van der Waals surface area contributed by atoms with Gasteiger partial charge in [-0.1, -0.05) is 42.5 Å². The lowest BCUT2D eigenvalue weighted by Crippen LogP contribution is -2.54. The number of aromatic hydroxyl groups is 1. The molecule has 0 spiro atoms. The van der Waals surface area contributed by atoms with Gasteiger partial charge in [-0.15, -0.1) is 0 Å². The zero-order valence-electron chi connectivity index (χ0n) is 19.5. The second-order valence-electron chi connectivity index (χ2n) is 8.27. The Morgan fingerprint density at radius 1 is 1.00 bits per heavy atom. The lowest BCUT2D eigenvalue weighted by atomic mass is 10.0. The highest BCUT2D eigenvalue weighted by atomic mass is 16.4. The summed E-state index contributed by atoms with van der Waals surface area (Å²) in [7, 11) is 0. The van der Waals surface area contributed by atoms with Crippen molar-refractivity contribution in [1.29, 1.82) is 0 Å². The third-order valence-electron chi connectivity index (χ3n) is 5.44. The number of hydrogen-bond donors (Lipinski definition) is 5. The number of likely N-dealkylation sites (tertiary alicyclic amines) is 1. The molecule has 0 radical (unpaired) electrons. The SMILES string of the molecule is CC(=O)O.NC(Cc1ccc(O)cc1)C(=O)N1CCCC1C(=O)NC(Cc1ccccc1)C(=O)O. The first-order valence-electron chi connectivity index (χ1n) is 11.2. The van der Waals surface area contributed by atoms with Gasteiger partial charge in [0.25, 0.3) is 5.97 Å². The van der Waals surface area contributed by atoms with Gasteiger partial charge in [-0.3, -0.25) is 14.4 Å². The van der Waals surface area contributed by atoms with Crippen molar-refractivity contribution >= 4 is 23.8 Å². The van der Waals surface area contributed by atoms with Crippen LogP contribution in [0.4, 0.5) is 0 Å². The summed E-state index contributed by atoms with van der Waals surface area (Å²) in [6.45, 7) is 1.48. The number of phenolic OH excluding ortho intramolecular Hbond substituents is 1. The largest absolute Gasteiger partial charge is 0.508 e. The number of hydrogen-bond acceptors (Lipinski definition) is 6. The molecule has 1 heterocycles. The molecule has 1 aliphatic heterocycles. The van der Waals surface area contributed by atoms with Crippen LogP contribution >= 0.6 is 0 Å². The molecule has 3 rings (SSSR count). The van der Waals surface area contributed by atoms with Gasteiger partial charge in [0.05, 0.1) is 6.04 Å². The topological polar surface area (TPSA) is 170 Å². The first-order valence-corrected chi connectivity index (χ1v) is 11.2. The molecule has 10 nitrogen and oxygen atoms in total. The third-order valence-corrected chi connectivity index (χ3v) is 5.44. The molecule has 35 heavy (non-hydrogen) atoms. The Morgan fingerprint density at radius 2 is 1.57 bits per heavy atom. The molecule has 2 aromatic rings. The number of nitrogens with zero attached hydrogens (tertiary/aromatic N) is 1. The fourth-order valence-corrected chi connectivity index (χ4v) is 3.81. The second-order valence-corrected chi connectivity index (χ2v) is 8.27. The quantitative estimate of drug-likeness (QED) is 0.371. The van der Waals surface area contributed by atoms with Gasteiger partial charge >= 0.3 is 5.97 Å². The van der Waals surface area contributed by atoms with Crippen LogP contribution in [0, 0.1) is 0 Å². The summed E-state index contributed by atoms with van der Waals surface area (Å²) in [6.07, 6.45) is 1.53. The van der Waals surface area contributed by atoms with Crippen molar-refractivity contribution < 1.29 is 34.5 Å². The van der Waals surface area contributed by atoms with Gasteiger partial charge in [-0.05, 0) is 42.5 Å². The molecular formula is C25H31N3O7. The molecule has 0 bridgehead atoms. The zero-order valence-corrected chi connectivity index (χ0v) is 19.5. The van der Waals surface area contributed by atoms with E-state index in [1.165, 1.54) is 17.0 Å². The summed E-state index contributed by atoms with van der Waals surface area (Å²) in [4.78, 5) is 47.9. The number of phenols is 1. The predicted molar refractivity (Wildman–Crippen MR) is 128 cm³/mol. The number of carbonyl (C=O) groups is 4. The van der Waals surface area contributed by atoms with Crippen LogP contribution in [0.3, 0.4) is 0 Å². The minimum Gasteiger partial charge on any atom is -0.508 e. The van der Waals surface area contributed by atoms with Crippen LogP contribution < -0.4 is 11.1 Å². The van der Waals surface area contributed by atoms with Gasteiger partial charge in [0.2, 0.25) is 11.8 Å². The summed E-state index contributed by atoms with van der Waals surface area (Å²) in [5, 5.41) is 28.9. The van der Waals surface area contributed by atoms with Crippen molar-refractivity contribution in [3.05, 3.63) is 65.7 Å². The highest BCUT2D eigenvalue weighted by Crippen LogP contribution is 2.20. The maximum absolute atomic E-state index is 12.9. The molecule has 2 aromatic carbocycles. The third kappa shape index (κ3) is 8.74. The summed E-state index contributed by atoms with van der Waals surface area (Å²) >= 11 is 0. The highest BCUT2D eigenvalue weighted by molar-refractivity contribution is 5.92. The van der Waals surface area contributed by atoms with E-state index in [0.29, 0.717) is 19.4 Å². The van der Waals surface area contributed by atoms with Crippen LogP contribution in [0.5, 0.6) is 5.75 Å². The Morgan fingerprint density at radius 3 is 2.14 bits per heavy atom. The number of amides is 2. The van der Waals surface area contributed by atoms with Crippen LogP contribution in [0.1, 0.15) is 30.9 Å². The first kappa shape index (κ1) is 27.3. The molecule has 1 aliphatic rings. The van der Waals surface area contributed by atoms with Gasteiger partial charge in [0.15, 0.2) is 0 Å². The molecule has 10 heteroatoms. The van der Waals surface area contributed by atoms with E-state index < -0.39 is 36.0 Å². The van der Waals surface area contributed by atoms with E-state index in [1.807, 2.05) is 18.2 Å². The molecule has 188 valence electrons. The van der Waals surface area contributed by atoms with Crippen LogP contribution in [0.15, 0.2) is 54.6 Å².